The molecule has 7 nitrogen and oxygen atoms in total. The van der Waals surface area contributed by atoms with Crippen LogP contribution in [0.15, 0.2) is 29.3 Å². The minimum absolute atomic E-state index is 0.211. The molecule has 1 N–H and O–H groups in total. The number of methoxy groups -OCH3 is 2. The smallest absolute Gasteiger partial charge is 0.263 e. The van der Waals surface area contributed by atoms with Crippen LogP contribution in [-0.4, -0.2) is 29.7 Å². The van der Waals surface area contributed by atoms with Crippen LogP contribution in [0.1, 0.15) is 23.4 Å². The Bertz CT molecular complexity index is 1070. The number of carbonyl (C=O) groups excluding carboxylic acids is 1. The number of aromatic nitrogens is 2. The standard InChI is InChI=1S/C19H21N3O4S/c1-10-12(3)27-18-16(10)19(24)22(9-20-18)11(2)17(23)21-13-6-7-14(25-4)15(8-13)26-5/h6-9,11H,1-5H3,(H,21,23). The van der Waals surface area contributed by atoms with Gasteiger partial charge in [-0.25, -0.2) is 4.98 Å². The number of nitrogens with zero attached hydrogens (tertiary/aromatic N) is 2. The molecule has 0 radical (unpaired) electrons. The van der Waals surface area contributed by atoms with Crippen molar-refractivity contribution >= 4 is 33.1 Å². The van der Waals surface area contributed by atoms with Gasteiger partial charge in [0.1, 0.15) is 10.9 Å². The number of thiophene rings is 1. The Morgan fingerprint density at radius 3 is 2.59 bits per heavy atom. The van der Waals surface area contributed by atoms with Gasteiger partial charge in [0.25, 0.3) is 5.56 Å². The van der Waals surface area contributed by atoms with Crippen molar-refractivity contribution in [2.45, 2.75) is 26.8 Å². The fourth-order valence-electron chi connectivity index (χ4n) is 2.81. The van der Waals surface area contributed by atoms with Crippen molar-refractivity contribution in [3.8, 4) is 11.5 Å². The van der Waals surface area contributed by atoms with Gasteiger partial charge in [0.15, 0.2) is 11.5 Å². The maximum absolute atomic E-state index is 12.9. The molecular formula is C19H21N3O4S. The third-order valence-corrected chi connectivity index (χ3v) is 5.68. The number of carbonyl (C=O) groups is 1. The highest BCUT2D eigenvalue weighted by Gasteiger charge is 2.20. The van der Waals surface area contributed by atoms with Gasteiger partial charge in [-0.3, -0.25) is 14.2 Å². The van der Waals surface area contributed by atoms with Crippen molar-refractivity contribution in [1.82, 2.24) is 9.55 Å². The zero-order chi connectivity index (χ0) is 19.7. The molecule has 0 aliphatic heterocycles. The van der Waals surface area contributed by atoms with E-state index >= 15 is 0 Å². The van der Waals surface area contributed by atoms with E-state index in [9.17, 15) is 9.59 Å². The first kappa shape index (κ1) is 18.9. The molecule has 3 aromatic rings. The predicted octanol–water partition coefficient (Wildman–Crippen LogP) is 3.29. The van der Waals surface area contributed by atoms with Gasteiger partial charge in [-0.05, 0) is 38.5 Å². The average Bonchev–Trinajstić information content (AvgIpc) is 2.96. The second kappa shape index (κ2) is 7.40. The van der Waals surface area contributed by atoms with Crippen LogP contribution in [0.25, 0.3) is 10.2 Å². The second-order valence-electron chi connectivity index (χ2n) is 6.16. The Labute approximate surface area is 160 Å². The number of rotatable bonds is 5. The lowest BCUT2D eigenvalue weighted by Crippen LogP contribution is -2.31. The molecule has 1 amide bonds. The minimum atomic E-state index is -0.720. The molecule has 1 unspecified atom stereocenters. The van der Waals surface area contributed by atoms with Gasteiger partial charge in [-0.15, -0.1) is 11.3 Å². The maximum Gasteiger partial charge on any atom is 0.263 e. The molecule has 0 aliphatic carbocycles. The number of benzene rings is 1. The number of amides is 1. The molecule has 27 heavy (non-hydrogen) atoms. The summed E-state index contributed by atoms with van der Waals surface area (Å²) in [5.74, 6) is 0.750. The number of ether oxygens (including phenoxy) is 2. The largest absolute Gasteiger partial charge is 0.493 e. The van der Waals surface area contributed by atoms with Gasteiger partial charge < -0.3 is 14.8 Å². The fraction of sp³-hybridized carbons (Fsp3) is 0.316. The van der Waals surface area contributed by atoms with Crippen LogP contribution in [-0.2, 0) is 4.79 Å². The van der Waals surface area contributed by atoms with Gasteiger partial charge >= 0.3 is 0 Å². The van der Waals surface area contributed by atoms with Crippen molar-refractivity contribution < 1.29 is 14.3 Å². The quantitative estimate of drug-likeness (QED) is 0.726. The van der Waals surface area contributed by atoms with Crippen LogP contribution in [0.4, 0.5) is 5.69 Å². The van der Waals surface area contributed by atoms with E-state index in [0.717, 1.165) is 10.4 Å². The fourth-order valence-corrected chi connectivity index (χ4v) is 3.80. The third-order valence-electron chi connectivity index (χ3n) is 4.56. The third kappa shape index (κ3) is 3.40. The van der Waals surface area contributed by atoms with E-state index in [-0.39, 0.29) is 11.5 Å². The van der Waals surface area contributed by atoms with E-state index in [2.05, 4.69) is 10.3 Å². The maximum atomic E-state index is 12.9. The molecule has 3 rings (SSSR count). The summed E-state index contributed by atoms with van der Waals surface area (Å²) in [4.78, 5) is 31.6. The highest BCUT2D eigenvalue weighted by molar-refractivity contribution is 7.18. The number of anilines is 1. The number of aryl methyl sites for hydroxylation is 2. The first-order valence-electron chi connectivity index (χ1n) is 8.37. The molecule has 0 spiro atoms. The Balaban J connectivity index is 1.90. The van der Waals surface area contributed by atoms with Gasteiger partial charge in [0, 0.05) is 16.6 Å². The van der Waals surface area contributed by atoms with Gasteiger partial charge in [-0.2, -0.15) is 0 Å². The Morgan fingerprint density at radius 2 is 1.93 bits per heavy atom. The Kier molecular flexibility index (Phi) is 5.18. The van der Waals surface area contributed by atoms with Gasteiger partial charge in [-0.1, -0.05) is 0 Å². The lowest BCUT2D eigenvalue weighted by molar-refractivity contribution is -0.118. The lowest BCUT2D eigenvalue weighted by Gasteiger charge is -2.16. The predicted molar refractivity (Wildman–Crippen MR) is 106 cm³/mol. The summed E-state index contributed by atoms with van der Waals surface area (Å²) in [6.07, 6.45) is 1.43. The second-order valence-corrected chi connectivity index (χ2v) is 7.36. The number of nitrogens with one attached hydrogen (secondary N) is 1. The van der Waals surface area contributed by atoms with E-state index < -0.39 is 6.04 Å². The van der Waals surface area contributed by atoms with Crippen LogP contribution in [0.3, 0.4) is 0 Å². The summed E-state index contributed by atoms with van der Waals surface area (Å²) >= 11 is 1.48. The molecule has 2 aromatic heterocycles. The molecule has 142 valence electrons. The van der Waals surface area contributed by atoms with Gasteiger partial charge in [0.05, 0.1) is 25.9 Å². The van der Waals surface area contributed by atoms with Crippen LogP contribution in [0.5, 0.6) is 11.5 Å². The van der Waals surface area contributed by atoms with Crippen LogP contribution in [0.2, 0.25) is 0 Å². The number of fused-ring (bicyclic) bond motifs is 1. The monoisotopic (exact) mass is 387 g/mol. The normalized spacial score (nSPS) is 12.0. The van der Waals surface area contributed by atoms with E-state index in [1.54, 1.807) is 32.2 Å². The van der Waals surface area contributed by atoms with Gasteiger partial charge in [0.2, 0.25) is 5.91 Å². The topological polar surface area (TPSA) is 82.5 Å². The molecule has 0 bridgehead atoms. The van der Waals surface area contributed by atoms with Crippen molar-refractivity contribution in [2.24, 2.45) is 0 Å². The highest BCUT2D eigenvalue weighted by Crippen LogP contribution is 2.30. The van der Waals surface area contributed by atoms with Crippen molar-refractivity contribution in [3.63, 3.8) is 0 Å². The molecule has 0 fully saturated rings. The van der Waals surface area contributed by atoms with Crippen molar-refractivity contribution in [3.05, 3.63) is 45.3 Å². The Hall–Kier alpha value is -2.87. The molecular weight excluding hydrogens is 366 g/mol. The zero-order valence-corrected chi connectivity index (χ0v) is 16.6. The van der Waals surface area contributed by atoms with E-state index in [0.29, 0.717) is 27.4 Å². The highest BCUT2D eigenvalue weighted by atomic mass is 32.1. The van der Waals surface area contributed by atoms with Crippen molar-refractivity contribution in [2.75, 3.05) is 19.5 Å². The SMILES string of the molecule is COc1ccc(NC(=O)C(C)n2cnc3sc(C)c(C)c3c2=O)cc1OC. The summed E-state index contributed by atoms with van der Waals surface area (Å²) in [6.45, 7) is 5.52. The molecule has 0 saturated heterocycles. The Morgan fingerprint density at radius 1 is 1.22 bits per heavy atom. The minimum Gasteiger partial charge on any atom is -0.493 e. The lowest BCUT2D eigenvalue weighted by atomic mass is 10.2. The summed E-state index contributed by atoms with van der Waals surface area (Å²) in [6, 6.07) is 4.36. The summed E-state index contributed by atoms with van der Waals surface area (Å²) < 4.78 is 11.8. The summed E-state index contributed by atoms with van der Waals surface area (Å²) in [5, 5.41) is 3.38. The van der Waals surface area contributed by atoms with E-state index in [1.807, 2.05) is 13.8 Å². The van der Waals surface area contributed by atoms with Crippen LogP contribution in [0, 0.1) is 13.8 Å². The molecule has 2 heterocycles. The zero-order valence-electron chi connectivity index (χ0n) is 15.8. The van der Waals surface area contributed by atoms with Crippen LogP contribution < -0.4 is 20.3 Å². The average molecular weight is 387 g/mol. The first-order valence-corrected chi connectivity index (χ1v) is 9.18. The number of hydrogen-bond donors (Lipinski definition) is 1. The summed E-state index contributed by atoms with van der Waals surface area (Å²) in [5.41, 5.74) is 1.25. The first-order chi connectivity index (χ1) is 12.9. The van der Waals surface area contributed by atoms with Crippen molar-refractivity contribution in [1.29, 1.82) is 0 Å². The van der Waals surface area contributed by atoms with E-state index in [1.165, 1.54) is 29.3 Å². The van der Waals surface area contributed by atoms with Crippen LogP contribution >= 0.6 is 11.3 Å². The molecule has 0 saturated carbocycles. The summed E-state index contributed by atoms with van der Waals surface area (Å²) in [7, 11) is 3.07. The molecule has 1 aromatic carbocycles. The number of hydrogen-bond acceptors (Lipinski definition) is 6. The molecule has 1 atom stereocenters. The molecule has 0 aliphatic rings. The van der Waals surface area contributed by atoms with E-state index in [4.69, 9.17) is 9.47 Å². The molecule has 8 heteroatoms.